The summed E-state index contributed by atoms with van der Waals surface area (Å²) < 4.78 is 20.5. The highest BCUT2D eigenvalue weighted by atomic mass is 16.5. The van der Waals surface area contributed by atoms with Gasteiger partial charge in [0.2, 0.25) is 5.91 Å². The zero-order valence-electron chi connectivity index (χ0n) is 36.6. The lowest BCUT2D eigenvalue weighted by atomic mass is 10.2. The number of alkyl carbamates (subject to hydrolysis) is 1. The van der Waals surface area contributed by atoms with Gasteiger partial charge in [0.25, 0.3) is 0 Å². The van der Waals surface area contributed by atoms with Crippen LogP contribution in [0.5, 0.6) is 0 Å². The van der Waals surface area contributed by atoms with Crippen molar-refractivity contribution in [3.63, 3.8) is 0 Å². The first kappa shape index (κ1) is 58.8. The van der Waals surface area contributed by atoms with Gasteiger partial charge in [0.1, 0.15) is 6.61 Å². The third-order valence-electron chi connectivity index (χ3n) is 7.42. The Hall–Kier alpha value is -1.46. The number of nitrogens with zero attached hydrogens (tertiary/aromatic N) is 2. The molecule has 51 heavy (non-hydrogen) atoms. The fraction of sp³-hybridized carbons (Fsp3) is 0.951. The predicted octanol–water partition coefficient (Wildman–Crippen LogP) is 9.35. The van der Waals surface area contributed by atoms with Crippen molar-refractivity contribution in [2.24, 2.45) is 0 Å². The van der Waals surface area contributed by atoms with Crippen LogP contribution in [0.3, 0.4) is 0 Å². The van der Waals surface area contributed by atoms with Crippen LogP contribution in [0, 0.1) is 0 Å². The number of amides is 2. The first-order chi connectivity index (χ1) is 24.5. The minimum Gasteiger partial charge on any atom is -0.448 e. The lowest BCUT2D eigenvalue weighted by Gasteiger charge is -2.17. The Balaban J connectivity index is -0.000000211. The highest BCUT2D eigenvalue weighted by Gasteiger charge is 2.04. The Morgan fingerprint density at radius 3 is 1.43 bits per heavy atom. The molecule has 0 aromatic carbocycles. The third kappa shape index (κ3) is 67.2. The van der Waals surface area contributed by atoms with Crippen LogP contribution in [0.25, 0.3) is 0 Å². The minimum absolute atomic E-state index is 0.158. The van der Waals surface area contributed by atoms with Gasteiger partial charge in [-0.3, -0.25) is 4.79 Å². The Morgan fingerprint density at radius 2 is 1.08 bits per heavy atom. The molecule has 10 nitrogen and oxygen atoms in total. The average molecular weight is 737 g/mol. The minimum atomic E-state index is -0.328. The van der Waals surface area contributed by atoms with E-state index < -0.39 is 0 Å². The number of hydrogen-bond acceptors (Lipinski definition) is 8. The summed E-state index contributed by atoms with van der Waals surface area (Å²) in [5.41, 5.74) is 0. The summed E-state index contributed by atoms with van der Waals surface area (Å²) in [5.74, 6) is 0.158. The molecule has 0 aromatic heterocycles. The van der Waals surface area contributed by atoms with Gasteiger partial charge in [0.05, 0.1) is 6.10 Å². The number of carbonyl (C=O) groups is 2. The van der Waals surface area contributed by atoms with E-state index in [1.807, 2.05) is 13.8 Å². The van der Waals surface area contributed by atoms with E-state index >= 15 is 0 Å². The molecule has 0 fully saturated rings. The van der Waals surface area contributed by atoms with Gasteiger partial charge in [-0.2, -0.15) is 0 Å². The Morgan fingerprint density at radius 1 is 0.569 bits per heavy atom. The molecule has 312 valence electrons. The van der Waals surface area contributed by atoms with Gasteiger partial charge in [-0.1, -0.05) is 87.5 Å². The molecule has 2 amide bonds. The second kappa shape index (κ2) is 55.3. The largest absolute Gasteiger partial charge is 0.448 e. The van der Waals surface area contributed by atoms with Crippen molar-refractivity contribution in [1.82, 2.24) is 20.4 Å². The molecule has 0 spiro atoms. The Labute approximate surface area is 319 Å². The number of hydrogen-bond donors (Lipinski definition) is 2. The molecule has 0 saturated heterocycles. The van der Waals surface area contributed by atoms with Gasteiger partial charge >= 0.3 is 6.09 Å². The molecule has 0 atom stereocenters. The van der Waals surface area contributed by atoms with Crippen LogP contribution in [0.4, 0.5) is 4.79 Å². The monoisotopic (exact) mass is 737 g/mol. The van der Waals surface area contributed by atoms with Crippen molar-refractivity contribution in [1.29, 1.82) is 0 Å². The van der Waals surface area contributed by atoms with E-state index in [1.54, 1.807) is 0 Å². The molecule has 0 radical (unpaired) electrons. The van der Waals surface area contributed by atoms with Crippen LogP contribution < -0.4 is 10.6 Å². The van der Waals surface area contributed by atoms with Crippen LogP contribution in [0.1, 0.15) is 160 Å². The van der Waals surface area contributed by atoms with Crippen LogP contribution in [0.15, 0.2) is 0 Å². The van der Waals surface area contributed by atoms with Crippen LogP contribution in [-0.4, -0.2) is 120 Å². The lowest BCUT2D eigenvalue weighted by molar-refractivity contribution is -0.121. The second-order valence-electron chi connectivity index (χ2n) is 12.5. The first-order valence-corrected chi connectivity index (χ1v) is 20.9. The molecular weight excluding hydrogens is 644 g/mol. The van der Waals surface area contributed by atoms with Gasteiger partial charge in [0.15, 0.2) is 0 Å². The number of unbranched alkanes of at least 4 members (excludes halogenated alkanes) is 6. The second-order valence-corrected chi connectivity index (χ2v) is 12.5. The average Bonchev–Trinajstić information content (AvgIpc) is 3.13. The highest BCUT2D eigenvalue weighted by Crippen LogP contribution is 1.99. The van der Waals surface area contributed by atoms with Crippen LogP contribution >= 0.6 is 0 Å². The SMILES string of the molecule is CCCCC(=O)NCCCCCCNC(=O)OCCN(CC)CC.CCCCOCCCC.CCCOC(C)C.CCN(C)CC.CCOCC. The Bertz CT molecular complexity index is 613. The van der Waals surface area contributed by atoms with Gasteiger partial charge in [-0.05, 0) is 99.4 Å². The number of likely N-dealkylation sites (N-methyl/N-ethyl adjacent to an activating group) is 1. The molecule has 2 N–H and O–H groups in total. The summed E-state index contributed by atoms with van der Waals surface area (Å²) in [6, 6.07) is 0. The fourth-order valence-electron chi connectivity index (χ4n) is 3.68. The molecule has 0 rings (SSSR count). The van der Waals surface area contributed by atoms with Crippen molar-refractivity contribution >= 4 is 12.0 Å². The molecule has 0 aromatic rings. The van der Waals surface area contributed by atoms with E-state index in [0.29, 0.717) is 25.7 Å². The van der Waals surface area contributed by atoms with Crippen molar-refractivity contribution in [2.75, 3.05) is 92.5 Å². The summed E-state index contributed by atoms with van der Waals surface area (Å²) in [4.78, 5) is 27.4. The zero-order valence-corrected chi connectivity index (χ0v) is 36.6. The smallest absolute Gasteiger partial charge is 0.407 e. The Kier molecular flexibility index (Phi) is 63.8. The zero-order chi connectivity index (χ0) is 39.8. The van der Waals surface area contributed by atoms with Crippen LogP contribution in [0.2, 0.25) is 0 Å². The highest BCUT2D eigenvalue weighted by molar-refractivity contribution is 5.75. The summed E-state index contributed by atoms with van der Waals surface area (Å²) in [6.07, 6.45) is 12.8. The standard InChI is InChI=1S/C18H37N3O3.C8H18O.C6H14O.C5H13N.C4H10O/c1-4-7-12-17(22)19-13-10-8-9-11-14-20-18(23)24-16-15-21(5-2)6-3;1-3-5-7-9-8-6-4-2;1-4-5-7-6(2)3;1-4-6(3)5-2;1-3-5-4-2/h4-16H2,1-3H3,(H,19,22)(H,20,23);3-8H2,1-2H3;6H,4-5H2,1-3H3;4-5H2,1-3H3;3-4H2,1-2H3. The number of nitrogens with one attached hydrogen (secondary N) is 2. The molecular formula is C41H92N4O6. The molecule has 0 heterocycles. The van der Waals surface area contributed by atoms with E-state index in [-0.39, 0.29) is 12.0 Å². The number of ether oxygens (including phenoxy) is 4. The molecule has 10 heteroatoms. The molecule has 0 aliphatic rings. The quantitative estimate of drug-likeness (QED) is 0.0767. The maximum atomic E-state index is 11.5. The molecule has 0 unspecified atom stereocenters. The molecule has 0 saturated carbocycles. The lowest BCUT2D eigenvalue weighted by Crippen LogP contribution is -2.31. The summed E-state index contributed by atoms with van der Waals surface area (Å²) >= 11 is 0. The maximum absolute atomic E-state index is 11.5. The van der Waals surface area contributed by atoms with E-state index in [4.69, 9.17) is 18.9 Å². The van der Waals surface area contributed by atoms with Gasteiger partial charge in [0, 0.05) is 59.1 Å². The summed E-state index contributed by atoms with van der Waals surface area (Å²) in [7, 11) is 2.11. The molecule has 0 aliphatic carbocycles. The molecule has 0 bridgehead atoms. The van der Waals surface area contributed by atoms with Crippen molar-refractivity contribution in [3.8, 4) is 0 Å². The molecule has 0 aliphatic heterocycles. The predicted molar refractivity (Wildman–Crippen MR) is 221 cm³/mol. The van der Waals surface area contributed by atoms with E-state index in [0.717, 1.165) is 117 Å². The number of rotatable bonds is 28. The first-order valence-electron chi connectivity index (χ1n) is 20.9. The van der Waals surface area contributed by atoms with Crippen molar-refractivity contribution in [3.05, 3.63) is 0 Å². The number of carbonyl (C=O) groups excluding carboxylic acids is 2. The third-order valence-corrected chi connectivity index (χ3v) is 7.42. The maximum Gasteiger partial charge on any atom is 0.407 e. The normalized spacial score (nSPS) is 10.2. The summed E-state index contributed by atoms with van der Waals surface area (Å²) in [6.45, 7) is 36.5. The van der Waals surface area contributed by atoms with Gasteiger partial charge in [-0.15, -0.1) is 0 Å². The van der Waals surface area contributed by atoms with Gasteiger partial charge < -0.3 is 39.4 Å². The van der Waals surface area contributed by atoms with Crippen molar-refractivity contribution in [2.45, 2.75) is 166 Å². The van der Waals surface area contributed by atoms with Crippen molar-refractivity contribution < 1.29 is 28.5 Å². The summed E-state index contributed by atoms with van der Waals surface area (Å²) in [5, 5.41) is 5.71. The van der Waals surface area contributed by atoms with E-state index in [2.05, 4.69) is 96.7 Å². The van der Waals surface area contributed by atoms with E-state index in [9.17, 15) is 9.59 Å². The van der Waals surface area contributed by atoms with E-state index in [1.165, 1.54) is 25.7 Å². The van der Waals surface area contributed by atoms with Crippen LogP contribution in [-0.2, 0) is 23.7 Å². The fourth-order valence-corrected chi connectivity index (χ4v) is 3.68. The van der Waals surface area contributed by atoms with Gasteiger partial charge in [-0.25, -0.2) is 4.79 Å². The topological polar surface area (TPSA) is 102 Å².